The van der Waals surface area contributed by atoms with Gasteiger partial charge in [-0.25, -0.2) is 18.4 Å². The van der Waals surface area contributed by atoms with Gasteiger partial charge in [0.05, 0.1) is 5.25 Å². The van der Waals surface area contributed by atoms with Crippen LogP contribution < -0.4 is 10.9 Å². The number of aromatic nitrogens is 3. The van der Waals surface area contributed by atoms with Gasteiger partial charge in [0, 0.05) is 35.8 Å². The molecule has 2 unspecified atom stereocenters. The molecule has 0 bridgehead atoms. The number of hydrogen-bond donors (Lipinski definition) is 2. The maximum Gasteiger partial charge on any atom is 0.251 e. The summed E-state index contributed by atoms with van der Waals surface area (Å²) in [4.78, 5) is 23.3. The van der Waals surface area contributed by atoms with Gasteiger partial charge in [0.25, 0.3) is 5.56 Å². The quantitative estimate of drug-likeness (QED) is 0.828. The molecule has 2 aromatic rings. The Morgan fingerprint density at radius 1 is 1.31 bits per heavy atom. The van der Waals surface area contributed by atoms with E-state index in [1.54, 1.807) is 6.20 Å². The highest BCUT2D eigenvalue weighted by Crippen LogP contribution is 2.26. The van der Waals surface area contributed by atoms with E-state index < -0.39 is 9.84 Å². The zero-order chi connectivity index (χ0) is 18.7. The lowest BCUT2D eigenvalue weighted by Crippen LogP contribution is -2.34. The molecule has 3 rings (SSSR count). The Morgan fingerprint density at radius 2 is 2.12 bits per heavy atom. The van der Waals surface area contributed by atoms with Crippen LogP contribution in [0, 0.1) is 0 Å². The summed E-state index contributed by atoms with van der Waals surface area (Å²) in [6.45, 7) is 1.95. The maximum absolute atomic E-state index is 11.8. The number of nitrogens with zero attached hydrogens (tertiary/aromatic N) is 2. The molecule has 1 aliphatic carbocycles. The van der Waals surface area contributed by atoms with E-state index in [9.17, 15) is 13.2 Å². The molecular weight excluding hydrogens is 352 g/mol. The highest BCUT2D eigenvalue weighted by molar-refractivity contribution is 7.91. The van der Waals surface area contributed by atoms with Gasteiger partial charge in [-0.15, -0.1) is 0 Å². The second-order valence-electron chi connectivity index (χ2n) is 6.83. The minimum absolute atomic E-state index is 0.100. The second kappa shape index (κ2) is 7.57. The average molecular weight is 376 g/mol. The summed E-state index contributed by atoms with van der Waals surface area (Å²) in [5.41, 5.74) is 1.30. The van der Waals surface area contributed by atoms with Crippen LogP contribution in [0.4, 0.5) is 5.82 Å². The molecule has 1 fully saturated rings. The van der Waals surface area contributed by atoms with Gasteiger partial charge < -0.3 is 10.3 Å². The first-order chi connectivity index (χ1) is 12.3. The summed E-state index contributed by atoms with van der Waals surface area (Å²) >= 11 is 0. The second-order valence-corrected chi connectivity index (χ2v) is 9.16. The Hall–Kier alpha value is -2.22. The summed E-state index contributed by atoms with van der Waals surface area (Å²) in [7, 11) is -3.01. The number of pyridine rings is 1. The first-order valence-corrected chi connectivity index (χ1v) is 10.8. The monoisotopic (exact) mass is 376 g/mol. The van der Waals surface area contributed by atoms with E-state index in [2.05, 4.69) is 20.3 Å². The van der Waals surface area contributed by atoms with Crippen LogP contribution in [0.25, 0.3) is 11.4 Å². The van der Waals surface area contributed by atoms with Crippen molar-refractivity contribution in [2.45, 2.75) is 50.3 Å². The lowest BCUT2D eigenvalue weighted by molar-refractivity contribution is 0.452. The van der Waals surface area contributed by atoms with Crippen molar-refractivity contribution < 1.29 is 8.42 Å². The molecule has 7 nitrogen and oxygen atoms in total. The number of sulfone groups is 1. The Morgan fingerprint density at radius 3 is 2.77 bits per heavy atom. The van der Waals surface area contributed by atoms with Gasteiger partial charge in [0.2, 0.25) is 0 Å². The molecule has 2 atom stereocenters. The molecule has 0 spiro atoms. The topological polar surface area (TPSA) is 105 Å². The molecule has 1 aliphatic rings. The van der Waals surface area contributed by atoms with Gasteiger partial charge in [-0.3, -0.25) is 4.79 Å². The third-order valence-electron chi connectivity index (χ3n) is 4.78. The molecule has 0 saturated heterocycles. The van der Waals surface area contributed by atoms with Crippen molar-refractivity contribution in [1.82, 2.24) is 15.0 Å². The van der Waals surface area contributed by atoms with Crippen molar-refractivity contribution in [2.24, 2.45) is 0 Å². The predicted octanol–water partition coefficient (Wildman–Crippen LogP) is 2.16. The normalized spacial score (nSPS) is 20.7. The van der Waals surface area contributed by atoms with Crippen molar-refractivity contribution >= 4 is 15.7 Å². The molecule has 1 saturated carbocycles. The van der Waals surface area contributed by atoms with E-state index in [0.29, 0.717) is 24.5 Å². The fourth-order valence-electron chi connectivity index (χ4n) is 3.32. The molecule has 2 aromatic heterocycles. The third-order valence-corrected chi connectivity index (χ3v) is 6.42. The van der Waals surface area contributed by atoms with Crippen LogP contribution in [0.3, 0.4) is 0 Å². The largest absolute Gasteiger partial charge is 0.367 e. The Kier molecular flexibility index (Phi) is 5.41. The van der Waals surface area contributed by atoms with Crippen molar-refractivity contribution in [3.63, 3.8) is 0 Å². The smallest absolute Gasteiger partial charge is 0.251 e. The summed E-state index contributed by atoms with van der Waals surface area (Å²) in [5, 5.41) is 3.05. The number of aromatic amines is 1. The van der Waals surface area contributed by atoms with Crippen molar-refractivity contribution in [2.75, 3.05) is 11.6 Å². The van der Waals surface area contributed by atoms with E-state index in [-0.39, 0.29) is 16.9 Å². The summed E-state index contributed by atoms with van der Waals surface area (Å²) in [6.07, 6.45) is 6.83. The lowest BCUT2D eigenvalue weighted by Gasteiger charge is -2.29. The van der Waals surface area contributed by atoms with Gasteiger partial charge in [-0.1, -0.05) is 13.3 Å². The average Bonchev–Trinajstić information content (AvgIpc) is 2.61. The first kappa shape index (κ1) is 18.6. The number of aryl methyl sites for hydroxylation is 1. The highest BCUT2D eigenvalue weighted by Gasteiger charge is 2.28. The van der Waals surface area contributed by atoms with Crippen LogP contribution in [0.15, 0.2) is 29.2 Å². The van der Waals surface area contributed by atoms with E-state index >= 15 is 0 Å². The third kappa shape index (κ3) is 4.49. The van der Waals surface area contributed by atoms with Crippen LogP contribution in [-0.4, -0.2) is 40.9 Å². The van der Waals surface area contributed by atoms with Gasteiger partial charge in [-0.05, 0) is 37.8 Å². The maximum atomic E-state index is 11.8. The predicted molar refractivity (Wildman–Crippen MR) is 102 cm³/mol. The first-order valence-electron chi connectivity index (χ1n) is 8.87. The Balaban J connectivity index is 1.72. The van der Waals surface area contributed by atoms with Gasteiger partial charge in [0.1, 0.15) is 21.5 Å². The van der Waals surface area contributed by atoms with Crippen molar-refractivity contribution in [3.05, 3.63) is 40.4 Å². The van der Waals surface area contributed by atoms with Crippen LogP contribution >= 0.6 is 0 Å². The number of hydrogen-bond acceptors (Lipinski definition) is 6. The van der Waals surface area contributed by atoms with Gasteiger partial charge in [-0.2, -0.15) is 0 Å². The Labute approximate surface area is 153 Å². The number of anilines is 1. The van der Waals surface area contributed by atoms with Crippen LogP contribution in [0.2, 0.25) is 0 Å². The van der Waals surface area contributed by atoms with Crippen LogP contribution in [-0.2, 0) is 16.3 Å². The highest BCUT2D eigenvalue weighted by atomic mass is 32.2. The zero-order valence-electron chi connectivity index (χ0n) is 15.0. The molecule has 8 heteroatoms. The van der Waals surface area contributed by atoms with Crippen LogP contribution in [0.5, 0.6) is 0 Å². The van der Waals surface area contributed by atoms with Gasteiger partial charge >= 0.3 is 0 Å². The van der Waals surface area contributed by atoms with Crippen LogP contribution in [0.1, 0.15) is 38.3 Å². The molecule has 26 heavy (non-hydrogen) atoms. The fourth-order valence-corrected chi connectivity index (χ4v) is 4.50. The molecular formula is C18H24N4O3S. The molecule has 2 N–H and O–H groups in total. The molecule has 0 aliphatic heterocycles. The number of nitrogens with one attached hydrogen (secondary N) is 2. The molecule has 2 heterocycles. The number of H-pyrrole nitrogens is 1. The van der Waals surface area contributed by atoms with Crippen molar-refractivity contribution in [3.8, 4) is 11.4 Å². The SMILES string of the molecule is CCc1cc(=O)[nH]c(-c2ccc(NC3CCCC(S(C)(=O)=O)C3)nc2)n1. The molecule has 140 valence electrons. The minimum Gasteiger partial charge on any atom is -0.367 e. The number of rotatable bonds is 5. The van der Waals surface area contributed by atoms with E-state index in [1.165, 1.54) is 12.3 Å². The Bertz CT molecular complexity index is 922. The van der Waals surface area contributed by atoms with E-state index in [4.69, 9.17) is 0 Å². The standard InChI is InChI=1S/C18H24N4O3S/c1-3-13-10-17(23)22-18(21-13)12-7-8-16(19-11-12)20-14-5-4-6-15(9-14)26(2,24)25/h7-8,10-11,14-15H,3-6,9H2,1-2H3,(H,19,20)(H,21,22,23). The summed E-state index contributed by atoms with van der Waals surface area (Å²) in [6, 6.07) is 5.28. The summed E-state index contributed by atoms with van der Waals surface area (Å²) in [5.74, 6) is 1.20. The van der Waals surface area contributed by atoms with E-state index in [1.807, 2.05) is 19.1 Å². The molecule has 0 amide bonds. The summed E-state index contributed by atoms with van der Waals surface area (Å²) < 4.78 is 23.6. The molecule has 0 radical (unpaired) electrons. The molecule has 0 aromatic carbocycles. The lowest BCUT2D eigenvalue weighted by atomic mass is 9.95. The minimum atomic E-state index is -3.01. The van der Waals surface area contributed by atoms with Crippen molar-refractivity contribution in [1.29, 1.82) is 0 Å². The van der Waals surface area contributed by atoms with Gasteiger partial charge in [0.15, 0.2) is 0 Å². The van der Waals surface area contributed by atoms with E-state index in [0.717, 1.165) is 30.5 Å². The zero-order valence-corrected chi connectivity index (χ0v) is 15.8. The fraction of sp³-hybridized carbons (Fsp3) is 0.500.